The highest BCUT2D eigenvalue weighted by molar-refractivity contribution is 7.92. The maximum atomic E-state index is 13.3. The van der Waals surface area contributed by atoms with E-state index in [2.05, 4.69) is 5.32 Å². The molecular weight excluding hydrogens is 466 g/mol. The fraction of sp³-hybridized carbons (Fsp3) is 0.462. The highest BCUT2D eigenvalue weighted by Gasteiger charge is 2.26. The molecule has 0 heterocycles. The number of likely N-dealkylation sites (N-methyl/N-ethyl adjacent to an activating group) is 1. The zero-order valence-electron chi connectivity index (χ0n) is 21.5. The second-order valence-electron chi connectivity index (χ2n) is 8.73. The van der Waals surface area contributed by atoms with Crippen LogP contribution in [-0.4, -0.2) is 57.6 Å². The topological polar surface area (TPSA) is 96.0 Å². The fourth-order valence-corrected chi connectivity index (χ4v) is 4.92. The third-order valence-corrected chi connectivity index (χ3v) is 6.85. The standard InChI is InChI=1S/C26H37N3O5S/c1-7-27-26(31)21(4)28(18-22-10-8-11-24(17-22)34-5)25(30)12-9-13-29(35(6,32)33)23-15-19(2)14-20(3)16-23/h8,10-11,14-17,21H,7,9,12-13,18H2,1-6H3,(H,27,31)/t21-/m0/s1. The van der Waals surface area contributed by atoms with E-state index >= 15 is 0 Å². The van der Waals surface area contributed by atoms with Gasteiger partial charge in [-0.1, -0.05) is 18.2 Å². The number of amides is 2. The van der Waals surface area contributed by atoms with Crippen LogP contribution in [0.1, 0.15) is 43.4 Å². The summed E-state index contributed by atoms with van der Waals surface area (Å²) in [5.74, 6) is 0.204. The van der Waals surface area contributed by atoms with E-state index in [4.69, 9.17) is 4.74 Å². The molecule has 35 heavy (non-hydrogen) atoms. The van der Waals surface area contributed by atoms with Gasteiger partial charge in [0.15, 0.2) is 0 Å². The number of ether oxygens (including phenoxy) is 1. The van der Waals surface area contributed by atoms with Crippen LogP contribution in [0.3, 0.4) is 0 Å². The Labute approximate surface area is 209 Å². The van der Waals surface area contributed by atoms with Gasteiger partial charge in [0.1, 0.15) is 11.8 Å². The first-order valence-corrected chi connectivity index (χ1v) is 13.6. The molecule has 2 amide bonds. The number of anilines is 1. The van der Waals surface area contributed by atoms with Gasteiger partial charge in [-0.3, -0.25) is 13.9 Å². The summed E-state index contributed by atoms with van der Waals surface area (Å²) in [4.78, 5) is 27.4. The monoisotopic (exact) mass is 503 g/mol. The number of hydrogen-bond donors (Lipinski definition) is 1. The lowest BCUT2D eigenvalue weighted by atomic mass is 10.1. The van der Waals surface area contributed by atoms with Gasteiger partial charge in [0.2, 0.25) is 21.8 Å². The molecule has 0 saturated carbocycles. The summed E-state index contributed by atoms with van der Waals surface area (Å²) in [6, 6.07) is 12.3. The first-order chi connectivity index (χ1) is 16.5. The first kappa shape index (κ1) is 28.2. The highest BCUT2D eigenvalue weighted by atomic mass is 32.2. The van der Waals surface area contributed by atoms with E-state index in [0.717, 1.165) is 16.7 Å². The molecule has 2 aromatic carbocycles. The van der Waals surface area contributed by atoms with Crippen LogP contribution in [0.25, 0.3) is 0 Å². The molecule has 1 atom stereocenters. The summed E-state index contributed by atoms with van der Waals surface area (Å²) in [6.45, 7) is 8.22. The Morgan fingerprint density at radius 2 is 1.74 bits per heavy atom. The van der Waals surface area contributed by atoms with Crippen LogP contribution in [0, 0.1) is 13.8 Å². The van der Waals surface area contributed by atoms with Crippen LogP contribution in [0.15, 0.2) is 42.5 Å². The predicted octanol–water partition coefficient (Wildman–Crippen LogP) is 3.41. The number of nitrogens with zero attached hydrogens (tertiary/aromatic N) is 2. The minimum Gasteiger partial charge on any atom is -0.497 e. The van der Waals surface area contributed by atoms with Crippen molar-refractivity contribution in [2.75, 3.05) is 30.8 Å². The third-order valence-electron chi connectivity index (χ3n) is 5.65. The Hall–Kier alpha value is -3.07. The lowest BCUT2D eigenvalue weighted by Crippen LogP contribution is -2.47. The van der Waals surface area contributed by atoms with E-state index in [1.54, 1.807) is 14.0 Å². The van der Waals surface area contributed by atoms with Gasteiger partial charge in [0, 0.05) is 26.1 Å². The molecule has 0 radical (unpaired) electrons. The molecule has 0 spiro atoms. The predicted molar refractivity (Wildman–Crippen MR) is 139 cm³/mol. The summed E-state index contributed by atoms with van der Waals surface area (Å²) >= 11 is 0. The van der Waals surface area contributed by atoms with E-state index in [1.165, 1.54) is 15.5 Å². The molecule has 2 rings (SSSR count). The molecule has 0 aliphatic rings. The normalized spacial score (nSPS) is 12.1. The van der Waals surface area contributed by atoms with E-state index in [1.807, 2.05) is 63.2 Å². The van der Waals surface area contributed by atoms with Gasteiger partial charge < -0.3 is 15.0 Å². The highest BCUT2D eigenvalue weighted by Crippen LogP contribution is 2.22. The smallest absolute Gasteiger partial charge is 0.242 e. The summed E-state index contributed by atoms with van der Waals surface area (Å²) in [7, 11) is -1.96. The summed E-state index contributed by atoms with van der Waals surface area (Å²) in [5.41, 5.74) is 3.35. The third kappa shape index (κ3) is 8.28. The summed E-state index contributed by atoms with van der Waals surface area (Å²) in [5, 5.41) is 2.77. The average Bonchev–Trinajstić information content (AvgIpc) is 2.78. The van der Waals surface area contributed by atoms with E-state index in [0.29, 0.717) is 24.4 Å². The Morgan fingerprint density at radius 3 is 2.31 bits per heavy atom. The minimum atomic E-state index is -3.53. The Bertz CT molecular complexity index is 1110. The fourth-order valence-electron chi connectivity index (χ4n) is 3.97. The van der Waals surface area contributed by atoms with Crippen molar-refractivity contribution in [2.24, 2.45) is 0 Å². The zero-order chi connectivity index (χ0) is 26.2. The SMILES string of the molecule is CCNC(=O)[C@H](C)N(Cc1cccc(OC)c1)C(=O)CCCN(c1cc(C)cc(C)c1)S(C)(=O)=O. The van der Waals surface area contributed by atoms with Crippen molar-refractivity contribution in [2.45, 2.75) is 53.1 Å². The average molecular weight is 504 g/mol. The number of nitrogens with one attached hydrogen (secondary N) is 1. The molecule has 8 nitrogen and oxygen atoms in total. The maximum absolute atomic E-state index is 13.3. The zero-order valence-corrected chi connectivity index (χ0v) is 22.3. The van der Waals surface area contributed by atoms with Crippen LogP contribution >= 0.6 is 0 Å². The van der Waals surface area contributed by atoms with Crippen LogP contribution in [0.5, 0.6) is 5.75 Å². The van der Waals surface area contributed by atoms with E-state index in [9.17, 15) is 18.0 Å². The molecule has 0 unspecified atom stereocenters. The number of rotatable bonds is 12. The largest absolute Gasteiger partial charge is 0.497 e. The van der Waals surface area contributed by atoms with Crippen molar-refractivity contribution in [3.8, 4) is 5.75 Å². The molecule has 1 N–H and O–H groups in total. The number of carbonyl (C=O) groups excluding carboxylic acids is 2. The van der Waals surface area contributed by atoms with Crippen molar-refractivity contribution in [3.05, 3.63) is 59.2 Å². The molecule has 0 bridgehead atoms. The van der Waals surface area contributed by atoms with Gasteiger partial charge in [-0.15, -0.1) is 0 Å². The first-order valence-electron chi connectivity index (χ1n) is 11.7. The number of carbonyl (C=O) groups is 2. The molecule has 0 fully saturated rings. The van der Waals surface area contributed by atoms with Gasteiger partial charge in [-0.25, -0.2) is 8.42 Å². The van der Waals surface area contributed by atoms with Gasteiger partial charge in [-0.2, -0.15) is 0 Å². The van der Waals surface area contributed by atoms with Gasteiger partial charge in [-0.05, 0) is 75.1 Å². The minimum absolute atomic E-state index is 0.102. The quantitative estimate of drug-likeness (QED) is 0.479. The molecule has 0 aliphatic heterocycles. The Kier molecular flexibility index (Phi) is 10.1. The number of benzene rings is 2. The van der Waals surface area contributed by atoms with E-state index in [-0.39, 0.29) is 31.3 Å². The number of sulfonamides is 1. The van der Waals surface area contributed by atoms with E-state index < -0.39 is 16.1 Å². The molecular formula is C26H37N3O5S. The Balaban J connectivity index is 2.20. The van der Waals surface area contributed by atoms with Gasteiger partial charge in [0.05, 0.1) is 19.1 Å². The van der Waals surface area contributed by atoms with Crippen LogP contribution in [0.4, 0.5) is 5.69 Å². The molecule has 0 aromatic heterocycles. The van der Waals surface area contributed by atoms with Crippen molar-refractivity contribution in [1.82, 2.24) is 10.2 Å². The second kappa shape index (κ2) is 12.6. The lowest BCUT2D eigenvalue weighted by molar-refractivity contribution is -0.140. The van der Waals surface area contributed by atoms with Crippen molar-refractivity contribution >= 4 is 27.5 Å². The van der Waals surface area contributed by atoms with Crippen molar-refractivity contribution in [1.29, 1.82) is 0 Å². The molecule has 2 aromatic rings. The number of methoxy groups -OCH3 is 1. The van der Waals surface area contributed by atoms with Crippen LogP contribution < -0.4 is 14.4 Å². The number of aryl methyl sites for hydroxylation is 2. The molecule has 0 aliphatic carbocycles. The summed E-state index contributed by atoms with van der Waals surface area (Å²) in [6.07, 6.45) is 1.58. The van der Waals surface area contributed by atoms with Crippen LogP contribution in [0.2, 0.25) is 0 Å². The van der Waals surface area contributed by atoms with Gasteiger partial charge >= 0.3 is 0 Å². The van der Waals surface area contributed by atoms with Crippen molar-refractivity contribution < 1.29 is 22.7 Å². The van der Waals surface area contributed by atoms with Crippen LogP contribution in [-0.2, 0) is 26.2 Å². The molecule has 0 saturated heterocycles. The second-order valence-corrected chi connectivity index (χ2v) is 10.6. The van der Waals surface area contributed by atoms with Crippen molar-refractivity contribution in [3.63, 3.8) is 0 Å². The molecule has 192 valence electrons. The maximum Gasteiger partial charge on any atom is 0.242 e. The number of hydrogen-bond acceptors (Lipinski definition) is 5. The summed E-state index contributed by atoms with van der Waals surface area (Å²) < 4.78 is 31.6. The Morgan fingerprint density at radius 1 is 1.09 bits per heavy atom. The molecule has 9 heteroatoms. The lowest BCUT2D eigenvalue weighted by Gasteiger charge is -2.29. The van der Waals surface area contributed by atoms with Gasteiger partial charge in [0.25, 0.3) is 0 Å².